The molecule has 1 aromatic rings. The van der Waals surface area contributed by atoms with Crippen LogP contribution in [0.4, 0.5) is 10.6 Å². The average molecular weight is 355 g/mol. The number of fused-ring (bicyclic) bond motifs is 1. The van der Waals surface area contributed by atoms with E-state index >= 15 is 0 Å². The number of nitrogens with zero attached hydrogens (tertiary/aromatic N) is 4. The Labute approximate surface area is 146 Å². The van der Waals surface area contributed by atoms with Gasteiger partial charge in [-0.2, -0.15) is 0 Å². The van der Waals surface area contributed by atoms with Gasteiger partial charge in [0.15, 0.2) is 0 Å². The molecule has 0 bridgehead atoms. The fourth-order valence-electron chi connectivity index (χ4n) is 2.94. The highest BCUT2D eigenvalue weighted by atomic mass is 35.5. The first-order valence-corrected chi connectivity index (χ1v) is 8.50. The van der Waals surface area contributed by atoms with E-state index in [0.717, 1.165) is 23.6 Å². The highest BCUT2D eigenvalue weighted by molar-refractivity contribution is 6.28. The molecule has 3 rings (SSSR count). The summed E-state index contributed by atoms with van der Waals surface area (Å²) in [5.41, 5.74) is 1.20. The maximum atomic E-state index is 12.4. The molecular formula is C16H23ClN4O3. The molecule has 24 heavy (non-hydrogen) atoms. The molecule has 0 N–H and O–H groups in total. The molecule has 0 aliphatic carbocycles. The number of rotatable bonds is 1. The quantitative estimate of drug-likeness (QED) is 0.722. The van der Waals surface area contributed by atoms with Crippen molar-refractivity contribution in [1.82, 2.24) is 14.9 Å². The molecular weight excluding hydrogens is 332 g/mol. The molecule has 132 valence electrons. The summed E-state index contributed by atoms with van der Waals surface area (Å²) in [6, 6.07) is 0.199. The van der Waals surface area contributed by atoms with Gasteiger partial charge in [0.05, 0.1) is 38.0 Å². The van der Waals surface area contributed by atoms with E-state index in [1.54, 1.807) is 4.90 Å². The minimum Gasteiger partial charge on any atom is -0.444 e. The first kappa shape index (κ1) is 17.2. The number of aromatic nitrogens is 2. The van der Waals surface area contributed by atoms with Gasteiger partial charge in [-0.1, -0.05) is 0 Å². The lowest BCUT2D eigenvalue weighted by Crippen LogP contribution is -2.44. The van der Waals surface area contributed by atoms with Crippen molar-refractivity contribution in [3.05, 3.63) is 16.5 Å². The summed E-state index contributed by atoms with van der Waals surface area (Å²) >= 11 is 6.11. The van der Waals surface area contributed by atoms with Crippen LogP contribution in [0.2, 0.25) is 5.28 Å². The molecule has 0 unspecified atom stereocenters. The molecule has 7 nitrogen and oxygen atoms in total. The summed E-state index contributed by atoms with van der Waals surface area (Å²) in [5.74, 6) is 0.798. The number of amides is 1. The molecule has 1 aromatic heterocycles. The van der Waals surface area contributed by atoms with Crippen molar-refractivity contribution in [1.29, 1.82) is 0 Å². The fraction of sp³-hybridized carbons (Fsp3) is 0.688. The zero-order valence-electron chi connectivity index (χ0n) is 14.5. The van der Waals surface area contributed by atoms with Gasteiger partial charge in [0.1, 0.15) is 11.4 Å². The van der Waals surface area contributed by atoms with E-state index in [2.05, 4.69) is 21.8 Å². The molecule has 2 aliphatic rings. The van der Waals surface area contributed by atoms with Gasteiger partial charge in [-0.15, -0.1) is 0 Å². The number of carbonyl (C=O) groups is 1. The summed E-state index contributed by atoms with van der Waals surface area (Å²) in [5, 5.41) is 0.202. The largest absolute Gasteiger partial charge is 0.444 e. The molecule has 0 aromatic carbocycles. The Balaban J connectivity index is 1.86. The van der Waals surface area contributed by atoms with Crippen molar-refractivity contribution in [2.24, 2.45) is 0 Å². The molecule has 8 heteroatoms. The van der Waals surface area contributed by atoms with E-state index in [4.69, 9.17) is 21.1 Å². The smallest absolute Gasteiger partial charge is 0.410 e. The number of halogens is 1. The van der Waals surface area contributed by atoms with E-state index in [1.165, 1.54) is 0 Å². The average Bonchev–Trinajstić information content (AvgIpc) is 2.89. The summed E-state index contributed by atoms with van der Waals surface area (Å²) in [4.78, 5) is 24.9. The van der Waals surface area contributed by atoms with Crippen LogP contribution in [0.5, 0.6) is 0 Å². The lowest BCUT2D eigenvalue weighted by atomic mass is 10.2. The van der Waals surface area contributed by atoms with Crippen molar-refractivity contribution >= 4 is 23.5 Å². The molecule has 0 radical (unpaired) electrons. The standard InChI is InChI=1S/C16H23ClN4O3/c1-10-9-23-6-5-21(10)13-11-7-20(15(22)24-16(2,3)4)8-12(11)18-14(17)19-13/h10H,5-9H2,1-4H3/t10-/m0/s1. The van der Waals surface area contributed by atoms with E-state index in [9.17, 15) is 4.79 Å². The number of hydrogen-bond donors (Lipinski definition) is 0. The highest BCUT2D eigenvalue weighted by Gasteiger charge is 2.34. The molecule has 1 fully saturated rings. The topological polar surface area (TPSA) is 67.8 Å². The summed E-state index contributed by atoms with van der Waals surface area (Å²) in [7, 11) is 0. The zero-order valence-corrected chi connectivity index (χ0v) is 15.3. The maximum absolute atomic E-state index is 12.4. The number of carbonyl (C=O) groups excluding carboxylic acids is 1. The SMILES string of the molecule is C[C@H]1COCCN1c1nc(Cl)nc2c1CN(C(=O)OC(C)(C)C)C2. The van der Waals surface area contributed by atoms with Crippen LogP contribution in [0, 0.1) is 0 Å². The number of morpholine rings is 1. The lowest BCUT2D eigenvalue weighted by Gasteiger charge is -2.35. The molecule has 0 spiro atoms. The van der Waals surface area contributed by atoms with Gasteiger partial charge in [0.25, 0.3) is 0 Å². The Morgan fingerprint density at radius 3 is 2.75 bits per heavy atom. The predicted octanol–water partition coefficient (Wildman–Crippen LogP) is 2.61. The first-order valence-electron chi connectivity index (χ1n) is 8.12. The monoisotopic (exact) mass is 354 g/mol. The lowest BCUT2D eigenvalue weighted by molar-refractivity contribution is 0.0240. The van der Waals surface area contributed by atoms with Gasteiger partial charge in [-0.25, -0.2) is 14.8 Å². The van der Waals surface area contributed by atoms with Crippen LogP contribution in [0.3, 0.4) is 0 Å². The Bertz CT molecular complexity index is 647. The Morgan fingerprint density at radius 1 is 1.33 bits per heavy atom. The van der Waals surface area contributed by atoms with Gasteiger partial charge >= 0.3 is 6.09 Å². The van der Waals surface area contributed by atoms with Crippen LogP contribution in [0.1, 0.15) is 39.0 Å². The van der Waals surface area contributed by atoms with Crippen LogP contribution in [-0.2, 0) is 22.6 Å². The Morgan fingerprint density at radius 2 is 2.08 bits per heavy atom. The van der Waals surface area contributed by atoms with E-state index in [1.807, 2.05) is 20.8 Å². The van der Waals surface area contributed by atoms with E-state index < -0.39 is 5.60 Å². The van der Waals surface area contributed by atoms with Gasteiger partial charge < -0.3 is 14.4 Å². The Hall–Kier alpha value is -1.60. The fourth-order valence-corrected chi connectivity index (χ4v) is 3.13. The van der Waals surface area contributed by atoms with Gasteiger partial charge in [-0.3, -0.25) is 4.90 Å². The maximum Gasteiger partial charge on any atom is 0.410 e. The molecule has 0 saturated carbocycles. The Kier molecular flexibility index (Phi) is 4.57. The minimum atomic E-state index is -0.531. The van der Waals surface area contributed by atoms with Crippen molar-refractivity contribution < 1.29 is 14.3 Å². The van der Waals surface area contributed by atoms with Crippen molar-refractivity contribution in [3.8, 4) is 0 Å². The highest BCUT2D eigenvalue weighted by Crippen LogP contribution is 2.32. The molecule has 1 saturated heterocycles. The molecule has 1 amide bonds. The normalized spacial score (nSPS) is 21.0. The third-order valence-electron chi connectivity index (χ3n) is 4.02. The van der Waals surface area contributed by atoms with Gasteiger partial charge in [-0.05, 0) is 39.3 Å². The summed E-state index contributed by atoms with van der Waals surface area (Å²) < 4.78 is 11.0. The van der Waals surface area contributed by atoms with Crippen molar-refractivity contribution in [3.63, 3.8) is 0 Å². The minimum absolute atomic E-state index is 0.199. The van der Waals surface area contributed by atoms with E-state index in [0.29, 0.717) is 26.3 Å². The van der Waals surface area contributed by atoms with Crippen LogP contribution >= 0.6 is 11.6 Å². The van der Waals surface area contributed by atoms with Crippen LogP contribution in [0.25, 0.3) is 0 Å². The van der Waals surface area contributed by atoms with Crippen LogP contribution in [0.15, 0.2) is 0 Å². The molecule has 1 atom stereocenters. The number of ether oxygens (including phenoxy) is 2. The van der Waals surface area contributed by atoms with Crippen LogP contribution in [-0.4, -0.2) is 52.4 Å². The van der Waals surface area contributed by atoms with Crippen LogP contribution < -0.4 is 4.90 Å². The second-order valence-corrected chi connectivity index (χ2v) is 7.53. The number of anilines is 1. The first-order chi connectivity index (χ1) is 11.2. The third kappa shape index (κ3) is 3.57. The summed E-state index contributed by atoms with van der Waals surface area (Å²) in [6.07, 6.45) is -0.349. The van der Waals surface area contributed by atoms with Gasteiger partial charge in [0.2, 0.25) is 5.28 Å². The van der Waals surface area contributed by atoms with E-state index in [-0.39, 0.29) is 17.4 Å². The predicted molar refractivity (Wildman–Crippen MR) is 90.2 cm³/mol. The second kappa shape index (κ2) is 6.37. The second-order valence-electron chi connectivity index (χ2n) is 7.20. The molecule has 3 heterocycles. The zero-order chi connectivity index (χ0) is 17.5. The van der Waals surface area contributed by atoms with Crippen molar-refractivity contribution in [2.45, 2.75) is 52.4 Å². The summed E-state index contributed by atoms with van der Waals surface area (Å²) in [6.45, 7) is 10.5. The third-order valence-corrected chi connectivity index (χ3v) is 4.19. The number of hydrogen-bond acceptors (Lipinski definition) is 6. The van der Waals surface area contributed by atoms with Crippen molar-refractivity contribution in [2.75, 3.05) is 24.7 Å². The molecule has 2 aliphatic heterocycles. The van der Waals surface area contributed by atoms with Gasteiger partial charge in [0, 0.05) is 12.1 Å².